The van der Waals surface area contributed by atoms with Crippen molar-refractivity contribution in [1.82, 2.24) is 20.1 Å². The van der Waals surface area contributed by atoms with Crippen LogP contribution >= 0.6 is 11.3 Å². The van der Waals surface area contributed by atoms with E-state index in [1.54, 1.807) is 11.3 Å². The molecule has 2 fully saturated rings. The molecular weight excluding hydrogens is 346 g/mol. The number of hydrogen-bond donors (Lipinski definition) is 0. The molecule has 2 aliphatic heterocycles. The van der Waals surface area contributed by atoms with Crippen LogP contribution in [0.5, 0.6) is 0 Å². The SMILES string of the molecule is Cc1ccc(N2CCOC[C@]3(CCCN(Cc4csc(C)n4)C3)C2)nn1. The van der Waals surface area contributed by atoms with Gasteiger partial charge in [0.1, 0.15) is 0 Å². The molecule has 6 nitrogen and oxygen atoms in total. The van der Waals surface area contributed by atoms with Crippen molar-refractivity contribution in [2.24, 2.45) is 5.41 Å². The zero-order valence-electron chi connectivity index (χ0n) is 15.6. The van der Waals surface area contributed by atoms with Crippen molar-refractivity contribution >= 4 is 17.2 Å². The van der Waals surface area contributed by atoms with Gasteiger partial charge in [-0.1, -0.05) is 0 Å². The van der Waals surface area contributed by atoms with Gasteiger partial charge >= 0.3 is 0 Å². The van der Waals surface area contributed by atoms with E-state index in [0.717, 1.165) is 62.5 Å². The van der Waals surface area contributed by atoms with Gasteiger partial charge in [0.2, 0.25) is 0 Å². The molecule has 0 radical (unpaired) electrons. The highest BCUT2D eigenvalue weighted by molar-refractivity contribution is 7.09. The number of rotatable bonds is 3. The van der Waals surface area contributed by atoms with Crippen LogP contribution in [0, 0.1) is 19.3 Å². The molecule has 4 heterocycles. The number of aromatic nitrogens is 3. The molecule has 140 valence electrons. The molecule has 2 saturated heterocycles. The van der Waals surface area contributed by atoms with Crippen LogP contribution in [-0.2, 0) is 11.3 Å². The normalized spacial score (nSPS) is 24.8. The van der Waals surface area contributed by atoms with Gasteiger partial charge in [-0.05, 0) is 45.4 Å². The molecule has 2 aliphatic rings. The average Bonchev–Trinajstić information content (AvgIpc) is 2.92. The minimum atomic E-state index is 0.159. The number of piperidine rings is 1. The summed E-state index contributed by atoms with van der Waals surface area (Å²) in [6.07, 6.45) is 2.41. The van der Waals surface area contributed by atoms with Crippen LogP contribution in [0.25, 0.3) is 0 Å². The molecule has 0 saturated carbocycles. The number of aryl methyl sites for hydroxylation is 2. The molecular formula is C19H27N5OS. The van der Waals surface area contributed by atoms with Crippen molar-refractivity contribution < 1.29 is 4.74 Å². The van der Waals surface area contributed by atoms with Gasteiger partial charge in [0.15, 0.2) is 5.82 Å². The van der Waals surface area contributed by atoms with Gasteiger partial charge in [0.25, 0.3) is 0 Å². The van der Waals surface area contributed by atoms with Crippen LogP contribution < -0.4 is 4.90 Å². The quantitative estimate of drug-likeness (QED) is 0.824. The Balaban J connectivity index is 1.48. The number of ether oxygens (including phenoxy) is 1. The van der Waals surface area contributed by atoms with E-state index >= 15 is 0 Å². The van der Waals surface area contributed by atoms with Gasteiger partial charge < -0.3 is 9.64 Å². The molecule has 4 rings (SSSR count). The predicted octanol–water partition coefficient (Wildman–Crippen LogP) is 2.67. The molecule has 0 bridgehead atoms. The van der Waals surface area contributed by atoms with Crippen LogP contribution in [-0.4, -0.2) is 59.5 Å². The summed E-state index contributed by atoms with van der Waals surface area (Å²) in [6.45, 7) is 10.6. The van der Waals surface area contributed by atoms with E-state index in [4.69, 9.17) is 4.74 Å². The highest BCUT2D eigenvalue weighted by Crippen LogP contribution is 2.34. The summed E-state index contributed by atoms with van der Waals surface area (Å²) in [7, 11) is 0. The predicted molar refractivity (Wildman–Crippen MR) is 104 cm³/mol. The highest BCUT2D eigenvalue weighted by atomic mass is 32.1. The summed E-state index contributed by atoms with van der Waals surface area (Å²) in [5, 5.41) is 12.0. The minimum Gasteiger partial charge on any atom is -0.379 e. The second-order valence-electron chi connectivity index (χ2n) is 7.68. The lowest BCUT2D eigenvalue weighted by atomic mass is 9.80. The summed E-state index contributed by atoms with van der Waals surface area (Å²) in [6, 6.07) is 4.12. The van der Waals surface area contributed by atoms with Gasteiger partial charge in [0, 0.05) is 37.0 Å². The Hall–Kier alpha value is -1.57. The van der Waals surface area contributed by atoms with E-state index < -0.39 is 0 Å². The fourth-order valence-electron chi connectivity index (χ4n) is 4.15. The molecule has 1 spiro atoms. The molecule has 1 atom stereocenters. The molecule has 0 unspecified atom stereocenters. The molecule has 2 aromatic rings. The Bertz CT molecular complexity index is 734. The molecule has 2 aromatic heterocycles. The van der Waals surface area contributed by atoms with Crippen molar-refractivity contribution in [3.63, 3.8) is 0 Å². The molecule has 0 N–H and O–H groups in total. The molecule has 0 aliphatic carbocycles. The number of thiazole rings is 1. The fourth-order valence-corrected chi connectivity index (χ4v) is 4.75. The minimum absolute atomic E-state index is 0.159. The first-order valence-corrected chi connectivity index (χ1v) is 10.3. The van der Waals surface area contributed by atoms with Gasteiger partial charge in [-0.2, -0.15) is 5.10 Å². The van der Waals surface area contributed by atoms with Gasteiger partial charge in [0.05, 0.1) is 29.6 Å². The van der Waals surface area contributed by atoms with Crippen LogP contribution in [0.15, 0.2) is 17.5 Å². The lowest BCUT2D eigenvalue weighted by molar-refractivity contribution is 0.0103. The Morgan fingerprint density at radius 3 is 2.88 bits per heavy atom. The number of anilines is 1. The number of nitrogens with zero attached hydrogens (tertiary/aromatic N) is 5. The first-order chi connectivity index (χ1) is 12.6. The largest absolute Gasteiger partial charge is 0.379 e. The average molecular weight is 374 g/mol. The van der Waals surface area contributed by atoms with E-state index in [2.05, 4.69) is 43.4 Å². The van der Waals surface area contributed by atoms with Gasteiger partial charge in [-0.25, -0.2) is 4.98 Å². The zero-order chi connectivity index (χ0) is 18.0. The number of likely N-dealkylation sites (tertiary alicyclic amines) is 1. The maximum Gasteiger partial charge on any atom is 0.151 e. The Kier molecular flexibility index (Phi) is 5.20. The van der Waals surface area contributed by atoms with Crippen molar-refractivity contribution in [2.45, 2.75) is 33.2 Å². The third kappa shape index (κ3) is 4.05. The van der Waals surface area contributed by atoms with Crippen LogP contribution in [0.1, 0.15) is 29.2 Å². The Morgan fingerprint density at radius 1 is 1.19 bits per heavy atom. The fraction of sp³-hybridized carbons (Fsp3) is 0.632. The van der Waals surface area contributed by atoms with Crippen LogP contribution in [0.3, 0.4) is 0 Å². The lowest BCUT2D eigenvalue weighted by Crippen LogP contribution is -2.50. The Labute approximate surface area is 159 Å². The smallest absolute Gasteiger partial charge is 0.151 e. The molecule has 0 amide bonds. The monoisotopic (exact) mass is 373 g/mol. The second-order valence-corrected chi connectivity index (χ2v) is 8.74. The van der Waals surface area contributed by atoms with E-state index in [9.17, 15) is 0 Å². The highest BCUT2D eigenvalue weighted by Gasteiger charge is 2.39. The molecule has 0 aromatic carbocycles. The molecule has 7 heteroatoms. The third-order valence-electron chi connectivity index (χ3n) is 5.34. The van der Waals surface area contributed by atoms with E-state index in [0.29, 0.717) is 0 Å². The second kappa shape index (κ2) is 7.58. The summed E-state index contributed by atoms with van der Waals surface area (Å²) in [4.78, 5) is 9.55. The Morgan fingerprint density at radius 2 is 2.12 bits per heavy atom. The van der Waals surface area contributed by atoms with Gasteiger partial charge in [-0.3, -0.25) is 4.90 Å². The first-order valence-electron chi connectivity index (χ1n) is 9.38. The summed E-state index contributed by atoms with van der Waals surface area (Å²) < 4.78 is 6.04. The van der Waals surface area contributed by atoms with Crippen LogP contribution in [0.2, 0.25) is 0 Å². The van der Waals surface area contributed by atoms with Crippen LogP contribution in [0.4, 0.5) is 5.82 Å². The maximum atomic E-state index is 6.04. The van der Waals surface area contributed by atoms with Crippen molar-refractivity contribution in [2.75, 3.05) is 44.3 Å². The van der Waals surface area contributed by atoms with E-state index in [-0.39, 0.29) is 5.41 Å². The standard InChI is InChI=1S/C19H27N5OS/c1-15-4-5-18(22-21-15)24-8-9-25-14-19(13-24)6-3-7-23(12-19)10-17-11-26-16(2)20-17/h4-5,11H,3,6-10,12-14H2,1-2H3/t19-/m0/s1. The van der Waals surface area contributed by atoms with E-state index in [1.165, 1.54) is 18.5 Å². The first kappa shape index (κ1) is 17.8. The lowest BCUT2D eigenvalue weighted by Gasteiger charge is -2.43. The van der Waals surface area contributed by atoms with Crippen molar-refractivity contribution in [1.29, 1.82) is 0 Å². The zero-order valence-corrected chi connectivity index (χ0v) is 16.5. The summed E-state index contributed by atoms with van der Waals surface area (Å²) >= 11 is 1.74. The van der Waals surface area contributed by atoms with E-state index in [1.807, 2.05) is 13.0 Å². The maximum absolute atomic E-state index is 6.04. The molecule has 26 heavy (non-hydrogen) atoms. The topological polar surface area (TPSA) is 54.4 Å². The van der Waals surface area contributed by atoms with Crippen molar-refractivity contribution in [3.05, 3.63) is 33.9 Å². The number of hydrogen-bond acceptors (Lipinski definition) is 7. The third-order valence-corrected chi connectivity index (χ3v) is 6.16. The summed E-state index contributed by atoms with van der Waals surface area (Å²) in [5.41, 5.74) is 2.31. The van der Waals surface area contributed by atoms with Crippen molar-refractivity contribution in [3.8, 4) is 0 Å². The van der Waals surface area contributed by atoms with Gasteiger partial charge in [-0.15, -0.1) is 16.4 Å². The summed E-state index contributed by atoms with van der Waals surface area (Å²) in [5.74, 6) is 0.965.